The SMILES string of the molecule is CC(C)(C)c1cn(CCC(F)(F)F)/c(=N/C(=O)c2cc(C#N)ccc2OC2CCC2)s1. The quantitative estimate of drug-likeness (QED) is 0.616. The molecule has 1 amide bonds. The van der Waals surface area contributed by atoms with Crippen molar-refractivity contribution < 1.29 is 22.7 Å². The molecule has 0 atom stereocenters. The molecule has 2 aromatic rings. The average Bonchev–Trinajstić information content (AvgIpc) is 3.05. The highest BCUT2D eigenvalue weighted by Gasteiger charge is 2.28. The number of nitriles is 1. The lowest BCUT2D eigenvalue weighted by molar-refractivity contribution is -0.136. The topological polar surface area (TPSA) is 67.4 Å². The number of carbonyl (C=O) groups excluding carboxylic acids is 1. The van der Waals surface area contributed by atoms with E-state index in [1.165, 1.54) is 22.0 Å². The molecule has 1 fully saturated rings. The van der Waals surface area contributed by atoms with Crippen molar-refractivity contribution in [3.05, 3.63) is 45.2 Å². The fourth-order valence-corrected chi connectivity index (χ4v) is 3.98. The second-order valence-corrected chi connectivity index (χ2v) is 9.61. The average molecular weight is 452 g/mol. The van der Waals surface area contributed by atoms with Gasteiger partial charge in [0.2, 0.25) is 0 Å². The summed E-state index contributed by atoms with van der Waals surface area (Å²) >= 11 is 1.19. The van der Waals surface area contributed by atoms with Crippen LogP contribution in [-0.2, 0) is 12.0 Å². The molecule has 1 heterocycles. The minimum Gasteiger partial charge on any atom is -0.490 e. The number of thiazole rings is 1. The number of halogens is 3. The van der Waals surface area contributed by atoms with E-state index in [9.17, 15) is 23.2 Å². The van der Waals surface area contributed by atoms with E-state index in [0.717, 1.165) is 24.1 Å². The van der Waals surface area contributed by atoms with E-state index >= 15 is 0 Å². The Morgan fingerprint density at radius 1 is 1.32 bits per heavy atom. The molecule has 0 bridgehead atoms. The van der Waals surface area contributed by atoms with Gasteiger partial charge < -0.3 is 9.30 Å². The molecular formula is C22H24F3N3O2S. The highest BCUT2D eigenvalue weighted by atomic mass is 32.1. The van der Waals surface area contributed by atoms with Crippen LogP contribution in [-0.4, -0.2) is 22.8 Å². The third kappa shape index (κ3) is 5.97. The number of alkyl halides is 3. The zero-order chi connectivity index (χ0) is 22.8. The number of hydrogen-bond acceptors (Lipinski definition) is 4. The van der Waals surface area contributed by atoms with Gasteiger partial charge in [-0.15, -0.1) is 11.3 Å². The number of benzene rings is 1. The summed E-state index contributed by atoms with van der Waals surface area (Å²) < 4.78 is 45.6. The van der Waals surface area contributed by atoms with Crippen LogP contribution in [0.15, 0.2) is 29.4 Å². The van der Waals surface area contributed by atoms with Crippen molar-refractivity contribution in [2.75, 3.05) is 0 Å². The van der Waals surface area contributed by atoms with Crippen LogP contribution >= 0.6 is 11.3 Å². The highest BCUT2D eigenvalue weighted by molar-refractivity contribution is 7.09. The Morgan fingerprint density at radius 3 is 2.58 bits per heavy atom. The van der Waals surface area contributed by atoms with E-state index in [4.69, 9.17) is 4.74 Å². The third-order valence-electron chi connectivity index (χ3n) is 4.98. The van der Waals surface area contributed by atoms with Gasteiger partial charge in [0.05, 0.1) is 29.7 Å². The number of aryl methyl sites for hydroxylation is 1. The first-order valence-electron chi connectivity index (χ1n) is 10.0. The third-order valence-corrected chi connectivity index (χ3v) is 6.42. The van der Waals surface area contributed by atoms with Crippen LogP contribution in [0.4, 0.5) is 13.2 Å². The first-order valence-corrected chi connectivity index (χ1v) is 10.9. The van der Waals surface area contributed by atoms with Gasteiger partial charge in [0, 0.05) is 17.6 Å². The normalized spacial score (nSPS) is 15.5. The Labute approximate surface area is 182 Å². The summed E-state index contributed by atoms with van der Waals surface area (Å²) in [7, 11) is 0. The summed E-state index contributed by atoms with van der Waals surface area (Å²) in [5.41, 5.74) is 0.116. The van der Waals surface area contributed by atoms with E-state index in [-0.39, 0.29) is 34.0 Å². The fourth-order valence-electron chi connectivity index (χ4n) is 2.91. The molecule has 166 valence electrons. The molecule has 1 aromatic carbocycles. The first-order chi connectivity index (χ1) is 14.5. The van der Waals surface area contributed by atoms with Crippen molar-refractivity contribution in [2.24, 2.45) is 4.99 Å². The maximum Gasteiger partial charge on any atom is 0.390 e. The number of aromatic nitrogens is 1. The molecule has 1 saturated carbocycles. The van der Waals surface area contributed by atoms with Gasteiger partial charge in [-0.25, -0.2) is 0 Å². The van der Waals surface area contributed by atoms with Gasteiger partial charge in [-0.3, -0.25) is 4.79 Å². The predicted octanol–water partition coefficient (Wildman–Crippen LogP) is 5.34. The lowest BCUT2D eigenvalue weighted by Crippen LogP contribution is -2.25. The zero-order valence-corrected chi connectivity index (χ0v) is 18.4. The second kappa shape index (κ2) is 8.87. The number of amides is 1. The molecule has 1 aliphatic rings. The van der Waals surface area contributed by atoms with Gasteiger partial charge in [0.1, 0.15) is 5.75 Å². The van der Waals surface area contributed by atoms with Gasteiger partial charge in [0.15, 0.2) is 4.80 Å². The molecule has 0 aliphatic heterocycles. The zero-order valence-electron chi connectivity index (χ0n) is 17.6. The predicted molar refractivity (Wildman–Crippen MR) is 111 cm³/mol. The highest BCUT2D eigenvalue weighted by Crippen LogP contribution is 2.29. The summed E-state index contributed by atoms with van der Waals surface area (Å²) in [4.78, 5) is 18.2. The lowest BCUT2D eigenvalue weighted by atomic mass is 9.95. The van der Waals surface area contributed by atoms with Crippen LogP contribution in [0.5, 0.6) is 5.75 Å². The van der Waals surface area contributed by atoms with Crippen LogP contribution in [0.25, 0.3) is 0 Å². The summed E-state index contributed by atoms with van der Waals surface area (Å²) in [6.07, 6.45) is -0.856. The number of hydrogen-bond donors (Lipinski definition) is 0. The van der Waals surface area contributed by atoms with Gasteiger partial charge in [-0.1, -0.05) is 20.8 Å². The molecule has 31 heavy (non-hydrogen) atoms. The summed E-state index contributed by atoms with van der Waals surface area (Å²) in [5, 5.41) is 9.21. The molecule has 3 rings (SSSR count). The monoisotopic (exact) mass is 451 g/mol. The van der Waals surface area contributed by atoms with Crippen molar-refractivity contribution in [1.82, 2.24) is 4.57 Å². The molecule has 1 aliphatic carbocycles. The molecule has 0 N–H and O–H groups in total. The lowest BCUT2D eigenvalue weighted by Gasteiger charge is -2.27. The van der Waals surface area contributed by atoms with Crippen molar-refractivity contribution in [2.45, 2.75) is 70.7 Å². The van der Waals surface area contributed by atoms with Crippen LogP contribution in [0.2, 0.25) is 0 Å². The van der Waals surface area contributed by atoms with Crippen LogP contribution in [0, 0.1) is 11.3 Å². The van der Waals surface area contributed by atoms with Crippen molar-refractivity contribution in [1.29, 1.82) is 5.26 Å². The van der Waals surface area contributed by atoms with Crippen molar-refractivity contribution in [3.8, 4) is 11.8 Å². The van der Waals surface area contributed by atoms with E-state index in [1.54, 1.807) is 18.3 Å². The van der Waals surface area contributed by atoms with Crippen LogP contribution in [0.1, 0.15) is 67.3 Å². The van der Waals surface area contributed by atoms with E-state index in [0.29, 0.717) is 5.75 Å². The van der Waals surface area contributed by atoms with Crippen LogP contribution < -0.4 is 9.54 Å². The minimum absolute atomic E-state index is 0.0189. The van der Waals surface area contributed by atoms with Crippen LogP contribution in [0.3, 0.4) is 0 Å². The van der Waals surface area contributed by atoms with Gasteiger partial charge >= 0.3 is 6.18 Å². The number of carbonyl (C=O) groups is 1. The van der Waals surface area contributed by atoms with Gasteiger partial charge in [-0.05, 0) is 42.9 Å². The molecule has 0 spiro atoms. The number of rotatable bonds is 5. The maximum absolute atomic E-state index is 13.0. The second-order valence-electron chi connectivity index (χ2n) is 8.60. The molecule has 0 unspecified atom stereocenters. The molecule has 0 saturated heterocycles. The van der Waals surface area contributed by atoms with E-state index in [2.05, 4.69) is 4.99 Å². The van der Waals surface area contributed by atoms with Gasteiger partial charge in [-0.2, -0.15) is 23.4 Å². The largest absolute Gasteiger partial charge is 0.490 e. The molecular weight excluding hydrogens is 427 g/mol. The first kappa shape index (κ1) is 23.1. The summed E-state index contributed by atoms with van der Waals surface area (Å²) in [6.45, 7) is 5.50. The van der Waals surface area contributed by atoms with E-state index in [1.807, 2.05) is 26.8 Å². The Morgan fingerprint density at radius 2 is 2.03 bits per heavy atom. The maximum atomic E-state index is 13.0. The molecule has 9 heteroatoms. The Balaban J connectivity index is 2.01. The Hall–Kier alpha value is -2.60. The molecule has 1 aromatic heterocycles. The van der Waals surface area contributed by atoms with Gasteiger partial charge in [0.25, 0.3) is 5.91 Å². The van der Waals surface area contributed by atoms with Crippen molar-refractivity contribution >= 4 is 17.2 Å². The van der Waals surface area contributed by atoms with Crippen molar-refractivity contribution in [3.63, 3.8) is 0 Å². The standard InChI is InChI=1S/C22H24F3N3O2S/c1-21(2,3)18-13-28(10-9-22(23,24)25)20(31-18)27-19(29)16-11-14(12-26)7-8-17(16)30-15-5-4-6-15/h7-8,11,13,15H,4-6,9-10H2,1-3H3/b27-20-. The molecule has 0 radical (unpaired) electrons. The number of ether oxygens (including phenoxy) is 1. The fraction of sp³-hybridized carbons (Fsp3) is 0.500. The summed E-state index contributed by atoms with van der Waals surface area (Å²) in [5.74, 6) is -0.304. The minimum atomic E-state index is -4.32. The number of nitrogens with zero attached hydrogens (tertiary/aromatic N) is 3. The molecule has 5 nitrogen and oxygen atoms in total. The Bertz CT molecular complexity index is 1070. The Kier molecular flexibility index (Phi) is 6.60. The smallest absolute Gasteiger partial charge is 0.390 e. The summed E-state index contributed by atoms with van der Waals surface area (Å²) in [6, 6.07) is 6.55. The van der Waals surface area contributed by atoms with E-state index < -0.39 is 18.5 Å².